The number of aromatic amines is 1. The van der Waals surface area contributed by atoms with Gasteiger partial charge in [-0.25, -0.2) is 8.78 Å². The molecule has 0 radical (unpaired) electrons. The Morgan fingerprint density at radius 1 is 1.64 bits per heavy atom. The van der Waals surface area contributed by atoms with Gasteiger partial charge in [0.1, 0.15) is 11.8 Å². The van der Waals surface area contributed by atoms with Crippen LogP contribution in [0.15, 0.2) is 10.9 Å². The Morgan fingerprint density at radius 2 is 2.29 bits per heavy atom. The topological polar surface area (TPSA) is 56.6 Å². The van der Waals surface area contributed by atoms with Crippen LogP contribution < -0.4 is 5.43 Å². The van der Waals surface area contributed by atoms with Gasteiger partial charge in [-0.15, -0.1) is 0 Å². The first-order chi connectivity index (χ1) is 6.60. The number of alkyl halides is 3. The smallest absolute Gasteiger partial charge is 0.269 e. The minimum atomic E-state index is -2.83. The van der Waals surface area contributed by atoms with Crippen LogP contribution in [0.1, 0.15) is 23.4 Å². The van der Waals surface area contributed by atoms with E-state index in [0.29, 0.717) is 0 Å². The summed E-state index contributed by atoms with van der Waals surface area (Å²) in [6, 6.07) is 2.56. The average molecular weight is 263 g/mol. The highest BCUT2D eigenvalue weighted by atomic mass is 79.9. The number of nitrogens with zero attached hydrogens (tertiary/aromatic N) is 1. The maximum atomic E-state index is 12.4. The summed E-state index contributed by atoms with van der Waals surface area (Å²) in [5, 5.41) is 8.57. The Labute approximate surface area is 86.5 Å². The monoisotopic (exact) mass is 262 g/mol. The molecule has 0 unspecified atom stereocenters. The van der Waals surface area contributed by atoms with Crippen molar-refractivity contribution in [1.29, 1.82) is 5.26 Å². The normalized spacial score (nSPS) is 10.2. The maximum Gasteiger partial charge on any atom is 0.269 e. The van der Waals surface area contributed by atoms with E-state index >= 15 is 0 Å². The van der Waals surface area contributed by atoms with Gasteiger partial charge in [0.2, 0.25) is 0 Å². The fraction of sp³-hybridized carbons (Fsp3) is 0.250. The fourth-order valence-electron chi connectivity index (χ4n) is 1.03. The number of hydrogen-bond acceptors (Lipinski definition) is 2. The average Bonchev–Trinajstić information content (AvgIpc) is 2.15. The van der Waals surface area contributed by atoms with Crippen LogP contribution in [0.2, 0.25) is 0 Å². The summed E-state index contributed by atoms with van der Waals surface area (Å²) < 4.78 is 24.8. The molecule has 0 spiro atoms. The molecule has 74 valence electrons. The van der Waals surface area contributed by atoms with E-state index in [4.69, 9.17) is 5.26 Å². The molecule has 1 heterocycles. The predicted molar refractivity (Wildman–Crippen MR) is 49.4 cm³/mol. The Kier molecular flexibility index (Phi) is 3.36. The zero-order valence-electron chi connectivity index (χ0n) is 6.85. The fourth-order valence-corrected chi connectivity index (χ4v) is 1.47. The van der Waals surface area contributed by atoms with Gasteiger partial charge in [0.25, 0.3) is 6.43 Å². The number of aromatic nitrogens is 1. The number of hydrogen-bond donors (Lipinski definition) is 1. The number of nitrogens with one attached hydrogen (secondary N) is 1. The van der Waals surface area contributed by atoms with Crippen LogP contribution in [0, 0.1) is 11.3 Å². The summed E-state index contributed by atoms with van der Waals surface area (Å²) in [4.78, 5) is 13.6. The molecular weight excluding hydrogens is 258 g/mol. The second-order valence-electron chi connectivity index (χ2n) is 2.49. The van der Waals surface area contributed by atoms with Crippen molar-refractivity contribution in [2.24, 2.45) is 0 Å². The summed E-state index contributed by atoms with van der Waals surface area (Å²) in [6.45, 7) is 0. The molecule has 0 saturated heterocycles. The molecule has 1 rings (SSSR count). The van der Waals surface area contributed by atoms with Crippen molar-refractivity contribution in [3.63, 3.8) is 0 Å². The molecule has 0 aliphatic rings. The second-order valence-corrected chi connectivity index (χ2v) is 3.05. The minimum absolute atomic E-state index is 0.0196. The molecule has 0 atom stereocenters. The van der Waals surface area contributed by atoms with Gasteiger partial charge in [0.05, 0.1) is 5.56 Å². The number of rotatable bonds is 2. The van der Waals surface area contributed by atoms with E-state index in [2.05, 4.69) is 20.9 Å². The van der Waals surface area contributed by atoms with Crippen molar-refractivity contribution >= 4 is 15.9 Å². The van der Waals surface area contributed by atoms with Crippen LogP contribution in [-0.2, 0) is 5.33 Å². The summed E-state index contributed by atoms with van der Waals surface area (Å²) >= 11 is 2.96. The lowest BCUT2D eigenvalue weighted by molar-refractivity contribution is 0.149. The molecule has 1 aromatic rings. The maximum absolute atomic E-state index is 12.4. The molecule has 0 aliphatic carbocycles. The number of pyridine rings is 1. The van der Waals surface area contributed by atoms with Gasteiger partial charge in [-0.3, -0.25) is 4.79 Å². The molecule has 0 aromatic carbocycles. The quantitative estimate of drug-likeness (QED) is 0.830. The Hall–Kier alpha value is -1.22. The second kappa shape index (κ2) is 4.33. The molecule has 0 fully saturated rings. The van der Waals surface area contributed by atoms with Crippen LogP contribution in [-0.4, -0.2) is 4.98 Å². The first-order valence-corrected chi connectivity index (χ1v) is 4.72. The van der Waals surface area contributed by atoms with E-state index in [0.717, 1.165) is 6.07 Å². The van der Waals surface area contributed by atoms with E-state index in [9.17, 15) is 13.6 Å². The number of nitriles is 1. The lowest BCUT2D eigenvalue weighted by Crippen LogP contribution is -2.14. The van der Waals surface area contributed by atoms with Crippen molar-refractivity contribution in [1.82, 2.24) is 4.98 Å². The van der Waals surface area contributed by atoms with Crippen molar-refractivity contribution in [2.75, 3.05) is 0 Å². The van der Waals surface area contributed by atoms with Crippen molar-refractivity contribution < 1.29 is 8.78 Å². The predicted octanol–water partition coefficient (Wildman–Crippen LogP) is 2.08. The molecular formula is C8H5BrF2N2O. The van der Waals surface area contributed by atoms with E-state index < -0.39 is 17.4 Å². The van der Waals surface area contributed by atoms with E-state index in [1.807, 2.05) is 0 Å². The van der Waals surface area contributed by atoms with Gasteiger partial charge in [0, 0.05) is 17.1 Å². The van der Waals surface area contributed by atoms with Gasteiger partial charge in [-0.05, 0) is 0 Å². The molecule has 6 heteroatoms. The third kappa shape index (κ3) is 1.99. The van der Waals surface area contributed by atoms with Gasteiger partial charge in [-0.1, -0.05) is 15.9 Å². The van der Waals surface area contributed by atoms with Crippen molar-refractivity contribution in [3.05, 3.63) is 33.2 Å². The van der Waals surface area contributed by atoms with Crippen LogP contribution in [0.3, 0.4) is 0 Å². The SMILES string of the molecule is N#Cc1cc(=O)c(C(F)F)c(CBr)[nH]1. The molecule has 0 aliphatic heterocycles. The summed E-state index contributed by atoms with van der Waals surface area (Å²) in [5.41, 5.74) is -1.37. The van der Waals surface area contributed by atoms with Gasteiger partial charge >= 0.3 is 0 Å². The minimum Gasteiger partial charge on any atom is -0.349 e. The molecule has 0 bridgehead atoms. The van der Waals surface area contributed by atoms with Crippen molar-refractivity contribution in [3.8, 4) is 6.07 Å². The van der Waals surface area contributed by atoms with Crippen LogP contribution in [0.5, 0.6) is 0 Å². The van der Waals surface area contributed by atoms with E-state index in [-0.39, 0.29) is 16.7 Å². The third-order valence-corrected chi connectivity index (χ3v) is 2.18. The first kappa shape index (κ1) is 10.9. The summed E-state index contributed by atoms with van der Waals surface area (Å²) in [6.07, 6.45) is -2.83. The Morgan fingerprint density at radius 3 is 2.71 bits per heavy atom. The molecule has 3 nitrogen and oxygen atoms in total. The Balaban J connectivity index is 3.45. The number of H-pyrrole nitrogens is 1. The largest absolute Gasteiger partial charge is 0.349 e. The molecule has 0 saturated carbocycles. The molecule has 0 amide bonds. The highest BCUT2D eigenvalue weighted by Gasteiger charge is 2.17. The zero-order valence-corrected chi connectivity index (χ0v) is 8.44. The standard InChI is InChI=1S/C8H5BrF2N2O/c9-2-5-7(8(10)11)6(14)1-4(3-12)13-5/h1,8H,2H2,(H,13,14). The third-order valence-electron chi connectivity index (χ3n) is 1.62. The van der Waals surface area contributed by atoms with Crippen molar-refractivity contribution in [2.45, 2.75) is 11.8 Å². The summed E-state index contributed by atoms with van der Waals surface area (Å²) in [5.74, 6) is 0. The highest BCUT2D eigenvalue weighted by molar-refractivity contribution is 9.08. The molecule has 1 aromatic heterocycles. The molecule has 1 N–H and O–H groups in total. The zero-order chi connectivity index (χ0) is 10.7. The first-order valence-electron chi connectivity index (χ1n) is 3.60. The number of halogens is 3. The summed E-state index contributed by atoms with van der Waals surface area (Å²) in [7, 11) is 0. The Bertz CT molecular complexity index is 436. The van der Waals surface area contributed by atoms with E-state index in [1.54, 1.807) is 6.07 Å². The van der Waals surface area contributed by atoms with E-state index in [1.165, 1.54) is 0 Å². The van der Waals surface area contributed by atoms with Crippen LogP contribution in [0.4, 0.5) is 8.78 Å². The van der Waals surface area contributed by atoms with Crippen LogP contribution >= 0.6 is 15.9 Å². The lowest BCUT2D eigenvalue weighted by Gasteiger charge is -2.05. The lowest BCUT2D eigenvalue weighted by atomic mass is 10.2. The molecule has 14 heavy (non-hydrogen) atoms. The van der Waals surface area contributed by atoms with Gasteiger partial charge in [-0.2, -0.15) is 5.26 Å². The van der Waals surface area contributed by atoms with Gasteiger partial charge < -0.3 is 4.98 Å². The highest BCUT2D eigenvalue weighted by Crippen LogP contribution is 2.19. The van der Waals surface area contributed by atoms with Crippen LogP contribution in [0.25, 0.3) is 0 Å². The van der Waals surface area contributed by atoms with Gasteiger partial charge in [0.15, 0.2) is 5.43 Å².